The van der Waals surface area contributed by atoms with Gasteiger partial charge in [0.25, 0.3) is 0 Å². The van der Waals surface area contributed by atoms with E-state index in [-0.39, 0.29) is 36.5 Å². The second kappa shape index (κ2) is 13.7. The van der Waals surface area contributed by atoms with Gasteiger partial charge in [0, 0.05) is 19.1 Å². The smallest absolute Gasteiger partial charge is 0.316 e. The van der Waals surface area contributed by atoms with Crippen molar-refractivity contribution in [3.8, 4) is 0 Å². The number of aliphatic hydroxyl groups is 1. The van der Waals surface area contributed by atoms with Crippen molar-refractivity contribution in [2.75, 3.05) is 34.4 Å². The Kier molecular flexibility index (Phi) is 11.1. The molecule has 2 aliphatic rings. The molecule has 2 aliphatic heterocycles. The molecule has 0 aromatic heterocycles. The van der Waals surface area contributed by atoms with Crippen LogP contribution in [0.3, 0.4) is 0 Å². The number of benzene rings is 1. The third-order valence-electron chi connectivity index (χ3n) is 8.37. The number of esters is 1. The third-order valence-corrected chi connectivity index (χ3v) is 8.37. The fourth-order valence-corrected chi connectivity index (χ4v) is 5.92. The van der Waals surface area contributed by atoms with Crippen LogP contribution in [-0.2, 0) is 28.5 Å². The Morgan fingerprint density at radius 2 is 1.77 bits per heavy atom. The zero-order valence-electron chi connectivity index (χ0n) is 24.8. The van der Waals surface area contributed by atoms with Crippen LogP contribution in [0, 0.1) is 17.8 Å². The number of hydrogen-bond donors (Lipinski definition) is 2. The SMILES string of the molecule is CO[C@]1(C)C[C@@H](C)CN[C@@H](c2ccccc2)COC(=O)[C@H](C)C(=O)[C@H](C)[C@H]1O[C@@H]1OC(C)CC(N(C)C)C1O. The first-order valence-electron chi connectivity index (χ1n) is 14.1. The summed E-state index contributed by atoms with van der Waals surface area (Å²) in [7, 11) is 5.44. The monoisotopic (exact) mass is 548 g/mol. The second-order valence-electron chi connectivity index (χ2n) is 11.9. The van der Waals surface area contributed by atoms with Gasteiger partial charge in [-0.3, -0.25) is 9.59 Å². The van der Waals surface area contributed by atoms with E-state index in [1.54, 1.807) is 21.0 Å². The molecule has 0 bridgehead atoms. The number of carbonyl (C=O) groups excluding carboxylic acids is 2. The highest BCUT2D eigenvalue weighted by Crippen LogP contribution is 2.36. The maximum Gasteiger partial charge on any atom is 0.316 e. The quantitative estimate of drug-likeness (QED) is 0.424. The molecule has 2 N–H and O–H groups in total. The van der Waals surface area contributed by atoms with Gasteiger partial charge in [-0.05, 0) is 65.7 Å². The van der Waals surface area contributed by atoms with Crippen molar-refractivity contribution in [3.05, 3.63) is 35.9 Å². The van der Waals surface area contributed by atoms with E-state index in [2.05, 4.69) is 12.2 Å². The summed E-state index contributed by atoms with van der Waals surface area (Å²) in [4.78, 5) is 28.7. The molecule has 220 valence electrons. The van der Waals surface area contributed by atoms with E-state index in [1.807, 2.05) is 63.2 Å². The maximum atomic E-state index is 13.7. The van der Waals surface area contributed by atoms with E-state index in [9.17, 15) is 14.7 Å². The Bertz CT molecular complexity index is 944. The molecular formula is C30H48N2O7. The molecule has 1 aromatic carbocycles. The van der Waals surface area contributed by atoms with Crippen molar-refractivity contribution < 1.29 is 33.6 Å². The average Bonchev–Trinajstić information content (AvgIpc) is 2.91. The molecule has 0 spiro atoms. The summed E-state index contributed by atoms with van der Waals surface area (Å²) in [5, 5.41) is 14.7. The van der Waals surface area contributed by atoms with E-state index >= 15 is 0 Å². The molecule has 2 fully saturated rings. The van der Waals surface area contributed by atoms with Crippen LogP contribution in [0.1, 0.15) is 59.1 Å². The number of hydrogen-bond acceptors (Lipinski definition) is 9. The first-order valence-corrected chi connectivity index (χ1v) is 14.1. The van der Waals surface area contributed by atoms with Gasteiger partial charge in [0.1, 0.15) is 18.6 Å². The molecule has 9 nitrogen and oxygen atoms in total. The topological polar surface area (TPSA) is 107 Å². The normalized spacial score (nSPS) is 39.4. The summed E-state index contributed by atoms with van der Waals surface area (Å²) < 4.78 is 24.3. The number of ether oxygens (including phenoxy) is 4. The largest absolute Gasteiger partial charge is 0.463 e. The van der Waals surface area contributed by atoms with Gasteiger partial charge in [0.15, 0.2) is 12.1 Å². The van der Waals surface area contributed by atoms with E-state index in [4.69, 9.17) is 18.9 Å². The number of rotatable bonds is 5. The molecule has 0 amide bonds. The maximum absolute atomic E-state index is 13.7. The minimum Gasteiger partial charge on any atom is -0.463 e. The zero-order chi connectivity index (χ0) is 28.9. The van der Waals surface area contributed by atoms with Crippen LogP contribution in [0.25, 0.3) is 0 Å². The summed E-state index contributed by atoms with van der Waals surface area (Å²) in [6, 6.07) is 9.44. The number of Topliss-reactive ketones (excluding diaryl/α,β-unsaturated/α-hetero) is 1. The molecule has 9 heteroatoms. The molecule has 0 saturated carbocycles. The van der Waals surface area contributed by atoms with Crippen LogP contribution in [0.4, 0.5) is 0 Å². The van der Waals surface area contributed by atoms with E-state index in [0.717, 1.165) is 5.56 Å². The highest BCUT2D eigenvalue weighted by molar-refractivity contribution is 5.99. The van der Waals surface area contributed by atoms with Gasteiger partial charge in [0.2, 0.25) is 0 Å². The average molecular weight is 549 g/mol. The Morgan fingerprint density at radius 1 is 1.10 bits per heavy atom. The highest BCUT2D eigenvalue weighted by Gasteiger charge is 2.48. The van der Waals surface area contributed by atoms with Crippen molar-refractivity contribution in [2.24, 2.45) is 17.8 Å². The number of carbonyl (C=O) groups is 2. The van der Waals surface area contributed by atoms with Crippen molar-refractivity contribution in [3.63, 3.8) is 0 Å². The van der Waals surface area contributed by atoms with Crippen molar-refractivity contribution >= 4 is 11.8 Å². The number of nitrogens with one attached hydrogen (secondary N) is 1. The zero-order valence-corrected chi connectivity index (χ0v) is 24.8. The van der Waals surface area contributed by atoms with Gasteiger partial charge in [-0.2, -0.15) is 0 Å². The minimum atomic E-state index is -0.993. The minimum absolute atomic E-state index is 0.120. The first-order chi connectivity index (χ1) is 18.4. The number of likely N-dealkylation sites (N-methyl/N-ethyl adjacent to an activating group) is 1. The predicted molar refractivity (Wildman–Crippen MR) is 148 cm³/mol. The van der Waals surface area contributed by atoms with Crippen molar-refractivity contribution in [1.29, 1.82) is 0 Å². The Morgan fingerprint density at radius 3 is 2.38 bits per heavy atom. The van der Waals surface area contributed by atoms with Gasteiger partial charge < -0.3 is 34.3 Å². The summed E-state index contributed by atoms with van der Waals surface area (Å²) >= 11 is 0. The number of ketones is 1. The number of cyclic esters (lactones) is 1. The molecule has 2 saturated heterocycles. The van der Waals surface area contributed by atoms with Gasteiger partial charge >= 0.3 is 5.97 Å². The van der Waals surface area contributed by atoms with E-state index in [0.29, 0.717) is 19.4 Å². The Hall–Kier alpha value is -1.88. The Labute approximate surface area is 233 Å². The van der Waals surface area contributed by atoms with Crippen LogP contribution in [0.2, 0.25) is 0 Å². The second-order valence-corrected chi connectivity index (χ2v) is 11.9. The van der Waals surface area contributed by atoms with Gasteiger partial charge in [0.05, 0.1) is 23.9 Å². The van der Waals surface area contributed by atoms with Crippen LogP contribution in [-0.4, -0.2) is 92.4 Å². The van der Waals surface area contributed by atoms with Crippen LogP contribution >= 0.6 is 0 Å². The molecule has 10 atom stereocenters. The Balaban J connectivity index is 1.94. The number of nitrogens with zero attached hydrogens (tertiary/aromatic N) is 1. The highest BCUT2D eigenvalue weighted by atomic mass is 16.7. The molecule has 3 rings (SSSR count). The number of aliphatic hydroxyl groups excluding tert-OH is 1. The standard InChI is InChI=1S/C30H48N2O7/c1-18-15-30(5,36-8)27(39-29-26(34)24(32(6)7)14-19(2)38-29)20(3)25(33)21(4)28(35)37-17-23(31-16-18)22-12-10-9-11-13-22/h9-13,18-21,23-24,26-27,29,31,34H,14-17H2,1-8H3/t18-,19?,20+,21-,23-,24?,26?,27-,29+,30-/m1/s1. The van der Waals surface area contributed by atoms with Gasteiger partial charge in [-0.15, -0.1) is 0 Å². The molecule has 0 aliphatic carbocycles. The molecule has 0 radical (unpaired) electrons. The van der Waals surface area contributed by atoms with Crippen LogP contribution in [0.15, 0.2) is 30.3 Å². The molecule has 2 heterocycles. The van der Waals surface area contributed by atoms with E-state index in [1.165, 1.54) is 0 Å². The van der Waals surface area contributed by atoms with Crippen molar-refractivity contribution in [1.82, 2.24) is 10.2 Å². The van der Waals surface area contributed by atoms with E-state index < -0.39 is 41.9 Å². The van der Waals surface area contributed by atoms with Crippen molar-refractivity contribution in [2.45, 2.75) is 89.7 Å². The molecule has 3 unspecified atom stereocenters. The van der Waals surface area contributed by atoms with Gasteiger partial charge in [-0.1, -0.05) is 44.2 Å². The molecule has 39 heavy (non-hydrogen) atoms. The summed E-state index contributed by atoms with van der Waals surface area (Å²) in [5.74, 6) is -2.47. The first kappa shape index (κ1) is 31.6. The predicted octanol–water partition coefficient (Wildman–Crippen LogP) is 2.96. The third kappa shape index (κ3) is 7.65. The fraction of sp³-hybridized carbons (Fsp3) is 0.733. The van der Waals surface area contributed by atoms with Crippen LogP contribution < -0.4 is 5.32 Å². The lowest BCUT2D eigenvalue weighted by Crippen LogP contribution is -2.59. The fourth-order valence-electron chi connectivity index (χ4n) is 5.92. The molecule has 1 aromatic rings. The lowest BCUT2D eigenvalue weighted by molar-refractivity contribution is -0.295. The molecular weight excluding hydrogens is 500 g/mol. The summed E-state index contributed by atoms with van der Waals surface area (Å²) in [5.41, 5.74) is 0.0939. The lowest BCUT2D eigenvalue weighted by Gasteiger charge is -2.46. The van der Waals surface area contributed by atoms with Gasteiger partial charge in [-0.25, -0.2) is 0 Å². The summed E-state index contributed by atoms with van der Waals surface area (Å²) in [6.07, 6.45) is -1.58. The summed E-state index contributed by atoms with van der Waals surface area (Å²) in [6.45, 7) is 10.1. The lowest BCUT2D eigenvalue weighted by atomic mass is 9.78. The number of methoxy groups -OCH3 is 1. The van der Waals surface area contributed by atoms with Crippen LogP contribution in [0.5, 0.6) is 0 Å².